The Morgan fingerprint density at radius 3 is 2.80 bits per heavy atom. The predicted molar refractivity (Wildman–Crippen MR) is 78.8 cm³/mol. The zero-order valence-electron chi connectivity index (χ0n) is 11.6. The molecule has 4 nitrogen and oxygen atoms in total. The number of carbonyl (C=O) groups is 2. The molecule has 20 heavy (non-hydrogen) atoms. The van der Waals surface area contributed by atoms with E-state index in [-0.39, 0.29) is 24.4 Å². The van der Waals surface area contributed by atoms with E-state index in [4.69, 9.17) is 11.6 Å². The molecule has 1 heterocycles. The van der Waals surface area contributed by atoms with Crippen molar-refractivity contribution in [3.63, 3.8) is 0 Å². The summed E-state index contributed by atoms with van der Waals surface area (Å²) in [4.78, 5) is 25.9. The van der Waals surface area contributed by atoms with Crippen LogP contribution in [0.4, 0.5) is 0 Å². The van der Waals surface area contributed by atoms with Gasteiger partial charge < -0.3 is 10.2 Å². The number of halogens is 1. The fourth-order valence-electron chi connectivity index (χ4n) is 2.47. The van der Waals surface area contributed by atoms with E-state index in [1.165, 1.54) is 0 Å². The van der Waals surface area contributed by atoms with Gasteiger partial charge in [-0.25, -0.2) is 0 Å². The van der Waals surface area contributed by atoms with E-state index >= 15 is 0 Å². The van der Waals surface area contributed by atoms with Crippen molar-refractivity contribution >= 4 is 23.4 Å². The predicted octanol–water partition coefficient (Wildman–Crippen LogP) is 2.47. The van der Waals surface area contributed by atoms with Gasteiger partial charge in [-0.2, -0.15) is 0 Å². The molecule has 1 unspecified atom stereocenters. The van der Waals surface area contributed by atoms with Gasteiger partial charge in [-0.3, -0.25) is 9.59 Å². The lowest BCUT2D eigenvalue weighted by atomic mass is 10.0. The first kappa shape index (κ1) is 14.9. The molecule has 2 amide bonds. The molecule has 0 saturated carbocycles. The molecule has 1 atom stereocenters. The second-order valence-electron chi connectivity index (χ2n) is 5.09. The molecule has 1 aliphatic heterocycles. The highest BCUT2D eigenvalue weighted by atomic mass is 35.5. The smallest absolute Gasteiger partial charge is 0.253 e. The number of hydrogen-bond donors (Lipinski definition) is 1. The van der Waals surface area contributed by atoms with Gasteiger partial charge in [0.2, 0.25) is 5.91 Å². The minimum Gasteiger partial charge on any atom is -0.343 e. The Morgan fingerprint density at radius 1 is 1.35 bits per heavy atom. The number of amides is 2. The van der Waals surface area contributed by atoms with Gasteiger partial charge in [-0.15, -0.1) is 0 Å². The van der Waals surface area contributed by atoms with Crippen LogP contribution in [0.5, 0.6) is 0 Å². The van der Waals surface area contributed by atoms with Crippen LogP contribution in [0.3, 0.4) is 0 Å². The molecule has 0 bridgehead atoms. The Morgan fingerprint density at radius 2 is 2.10 bits per heavy atom. The van der Waals surface area contributed by atoms with Gasteiger partial charge in [0.05, 0.1) is 17.1 Å². The Kier molecular flexibility index (Phi) is 5.01. The number of likely N-dealkylation sites (tertiary alicyclic amines) is 1. The largest absolute Gasteiger partial charge is 0.343 e. The fourth-order valence-corrected chi connectivity index (χ4v) is 2.69. The Labute approximate surface area is 124 Å². The number of rotatable bonds is 3. The summed E-state index contributed by atoms with van der Waals surface area (Å²) in [5.41, 5.74) is 0.397. The van der Waals surface area contributed by atoms with Crippen LogP contribution >= 0.6 is 11.6 Å². The number of piperidine rings is 1. The Balaban J connectivity index is 1.90. The summed E-state index contributed by atoms with van der Waals surface area (Å²) in [6.07, 6.45) is 3.23. The van der Waals surface area contributed by atoms with Crippen LogP contribution in [-0.2, 0) is 4.79 Å². The summed E-state index contributed by atoms with van der Waals surface area (Å²) < 4.78 is 0. The second-order valence-corrected chi connectivity index (χ2v) is 5.50. The van der Waals surface area contributed by atoms with Gasteiger partial charge in [0.1, 0.15) is 0 Å². The maximum absolute atomic E-state index is 12.1. The molecule has 0 aliphatic carbocycles. The third kappa shape index (κ3) is 3.51. The summed E-state index contributed by atoms with van der Waals surface area (Å²) in [6.45, 7) is 2.85. The quantitative estimate of drug-likeness (QED) is 0.931. The number of hydrogen-bond acceptors (Lipinski definition) is 2. The lowest BCUT2D eigenvalue weighted by Crippen LogP contribution is -2.46. The highest BCUT2D eigenvalue weighted by molar-refractivity contribution is 6.33. The van der Waals surface area contributed by atoms with Crippen LogP contribution in [0.25, 0.3) is 0 Å². The van der Waals surface area contributed by atoms with Crippen molar-refractivity contribution in [2.24, 2.45) is 0 Å². The number of nitrogens with zero attached hydrogens (tertiary/aromatic N) is 1. The fraction of sp³-hybridized carbons (Fsp3) is 0.467. The Hall–Kier alpha value is -1.55. The first-order valence-corrected chi connectivity index (χ1v) is 7.29. The van der Waals surface area contributed by atoms with Gasteiger partial charge in [0, 0.05) is 12.6 Å². The van der Waals surface area contributed by atoms with E-state index in [0.29, 0.717) is 10.6 Å². The van der Waals surface area contributed by atoms with Gasteiger partial charge in [-0.1, -0.05) is 23.7 Å². The summed E-state index contributed by atoms with van der Waals surface area (Å²) >= 11 is 5.95. The molecule has 1 aliphatic rings. The number of nitrogens with one attached hydrogen (secondary N) is 1. The maximum Gasteiger partial charge on any atom is 0.253 e. The van der Waals surface area contributed by atoms with Crippen LogP contribution in [0.2, 0.25) is 5.02 Å². The molecule has 1 saturated heterocycles. The normalized spacial score (nSPS) is 18.7. The molecular weight excluding hydrogens is 276 g/mol. The monoisotopic (exact) mass is 294 g/mol. The molecular formula is C15H19ClN2O2. The van der Waals surface area contributed by atoms with Crippen LogP contribution in [-0.4, -0.2) is 35.8 Å². The first-order valence-electron chi connectivity index (χ1n) is 6.92. The minimum absolute atomic E-state index is 0.0222. The van der Waals surface area contributed by atoms with Crippen molar-refractivity contribution < 1.29 is 9.59 Å². The van der Waals surface area contributed by atoms with E-state index in [1.54, 1.807) is 24.3 Å². The molecule has 1 N–H and O–H groups in total. The zero-order chi connectivity index (χ0) is 14.5. The summed E-state index contributed by atoms with van der Waals surface area (Å²) in [6, 6.07) is 7.07. The van der Waals surface area contributed by atoms with Crippen molar-refractivity contribution in [2.45, 2.75) is 32.2 Å². The number of benzene rings is 1. The van der Waals surface area contributed by atoms with Crippen LogP contribution < -0.4 is 5.32 Å². The van der Waals surface area contributed by atoms with E-state index in [1.807, 2.05) is 11.8 Å². The molecule has 1 fully saturated rings. The third-order valence-electron chi connectivity index (χ3n) is 3.64. The summed E-state index contributed by atoms with van der Waals surface area (Å²) in [7, 11) is 0. The number of carbonyl (C=O) groups excluding carboxylic acids is 2. The van der Waals surface area contributed by atoms with Crippen LogP contribution in [0.1, 0.15) is 36.5 Å². The van der Waals surface area contributed by atoms with Crippen molar-refractivity contribution in [1.82, 2.24) is 10.2 Å². The van der Waals surface area contributed by atoms with Crippen molar-refractivity contribution in [3.8, 4) is 0 Å². The van der Waals surface area contributed by atoms with Crippen molar-refractivity contribution in [1.29, 1.82) is 0 Å². The Bertz CT molecular complexity index is 504. The highest BCUT2D eigenvalue weighted by Gasteiger charge is 2.23. The van der Waals surface area contributed by atoms with Crippen molar-refractivity contribution in [3.05, 3.63) is 34.9 Å². The van der Waals surface area contributed by atoms with E-state index in [0.717, 1.165) is 25.8 Å². The maximum atomic E-state index is 12.1. The molecule has 0 radical (unpaired) electrons. The standard InChI is InChI=1S/C15H19ClN2O2/c1-11-6-4-5-9-18(11)14(19)10-17-15(20)12-7-2-3-8-13(12)16/h2-3,7-8,11H,4-6,9-10H2,1H3,(H,17,20). The summed E-state index contributed by atoms with van der Waals surface area (Å²) in [5.74, 6) is -0.341. The molecule has 1 aromatic rings. The van der Waals surface area contributed by atoms with Crippen LogP contribution in [0.15, 0.2) is 24.3 Å². The van der Waals surface area contributed by atoms with E-state index in [2.05, 4.69) is 5.32 Å². The molecule has 0 aromatic heterocycles. The van der Waals surface area contributed by atoms with Crippen molar-refractivity contribution in [2.75, 3.05) is 13.1 Å². The topological polar surface area (TPSA) is 49.4 Å². The lowest BCUT2D eigenvalue weighted by Gasteiger charge is -2.33. The molecule has 5 heteroatoms. The average molecular weight is 295 g/mol. The van der Waals surface area contributed by atoms with Crippen LogP contribution in [0, 0.1) is 0 Å². The third-order valence-corrected chi connectivity index (χ3v) is 3.97. The van der Waals surface area contributed by atoms with Gasteiger partial charge >= 0.3 is 0 Å². The summed E-state index contributed by atoms with van der Waals surface area (Å²) in [5, 5.41) is 3.04. The van der Waals surface area contributed by atoms with E-state index < -0.39 is 0 Å². The molecule has 0 spiro atoms. The lowest BCUT2D eigenvalue weighted by molar-refractivity contribution is -0.133. The van der Waals surface area contributed by atoms with Gasteiger partial charge in [-0.05, 0) is 38.3 Å². The first-order chi connectivity index (χ1) is 9.59. The highest BCUT2D eigenvalue weighted by Crippen LogP contribution is 2.17. The SMILES string of the molecule is CC1CCCCN1C(=O)CNC(=O)c1ccccc1Cl. The average Bonchev–Trinajstić information content (AvgIpc) is 2.45. The molecule has 1 aromatic carbocycles. The second kappa shape index (κ2) is 6.75. The van der Waals surface area contributed by atoms with Gasteiger partial charge in [0.15, 0.2) is 0 Å². The molecule has 108 valence electrons. The zero-order valence-corrected chi connectivity index (χ0v) is 12.3. The molecule has 2 rings (SSSR count). The minimum atomic E-state index is -0.311. The van der Waals surface area contributed by atoms with E-state index in [9.17, 15) is 9.59 Å². The van der Waals surface area contributed by atoms with Gasteiger partial charge in [0.25, 0.3) is 5.91 Å².